The van der Waals surface area contributed by atoms with Gasteiger partial charge in [-0.1, -0.05) is 0 Å². The minimum Gasteiger partial charge on any atom is -0.330 e. The summed E-state index contributed by atoms with van der Waals surface area (Å²) in [6.45, 7) is 0.380. The van der Waals surface area contributed by atoms with E-state index >= 15 is 0 Å². The molecule has 0 bridgehead atoms. The van der Waals surface area contributed by atoms with Crippen LogP contribution in [-0.2, 0) is 0 Å². The van der Waals surface area contributed by atoms with E-state index in [0.29, 0.717) is 18.5 Å². The maximum absolute atomic E-state index is 11.3. The predicted octanol–water partition coefficient (Wildman–Crippen LogP) is 1.38. The molecule has 0 fully saturated rings. The molecule has 0 amide bonds. The standard InChI is InChI=1S/C8H9BrN2O/c9-7-3-6(4-11-5-7)8(12)1-2-10/h3-5H,1-2,10H2. The highest BCUT2D eigenvalue weighted by Gasteiger charge is 2.04. The first-order chi connectivity index (χ1) is 5.74. The highest BCUT2D eigenvalue weighted by molar-refractivity contribution is 9.10. The summed E-state index contributed by atoms with van der Waals surface area (Å²) in [6, 6.07) is 1.74. The van der Waals surface area contributed by atoms with Crippen molar-refractivity contribution in [1.29, 1.82) is 0 Å². The number of hydrogen-bond acceptors (Lipinski definition) is 3. The number of rotatable bonds is 3. The Balaban J connectivity index is 2.81. The predicted molar refractivity (Wildman–Crippen MR) is 49.9 cm³/mol. The number of carbonyl (C=O) groups excluding carboxylic acids is 1. The molecule has 0 aliphatic heterocycles. The molecule has 1 heterocycles. The molecule has 0 radical (unpaired) electrons. The van der Waals surface area contributed by atoms with E-state index in [-0.39, 0.29) is 5.78 Å². The van der Waals surface area contributed by atoms with Crippen molar-refractivity contribution in [3.8, 4) is 0 Å². The van der Waals surface area contributed by atoms with E-state index in [2.05, 4.69) is 20.9 Å². The van der Waals surface area contributed by atoms with E-state index in [1.165, 1.54) is 0 Å². The summed E-state index contributed by atoms with van der Waals surface area (Å²) in [4.78, 5) is 15.1. The molecule has 0 saturated heterocycles. The van der Waals surface area contributed by atoms with Crippen LogP contribution >= 0.6 is 15.9 Å². The zero-order valence-electron chi connectivity index (χ0n) is 6.46. The van der Waals surface area contributed by atoms with E-state index in [1.54, 1.807) is 18.5 Å². The van der Waals surface area contributed by atoms with Crippen molar-refractivity contribution in [3.63, 3.8) is 0 Å². The Morgan fingerprint density at radius 2 is 2.33 bits per heavy atom. The SMILES string of the molecule is NCCC(=O)c1cncc(Br)c1. The van der Waals surface area contributed by atoms with Crippen LogP contribution in [0.5, 0.6) is 0 Å². The molecule has 0 atom stereocenters. The number of carbonyl (C=O) groups is 1. The summed E-state index contributed by atoms with van der Waals surface area (Å²) in [5, 5.41) is 0. The lowest BCUT2D eigenvalue weighted by Crippen LogP contribution is -2.08. The van der Waals surface area contributed by atoms with E-state index < -0.39 is 0 Å². The van der Waals surface area contributed by atoms with Crippen LogP contribution in [0.1, 0.15) is 16.8 Å². The van der Waals surface area contributed by atoms with Gasteiger partial charge in [0.2, 0.25) is 0 Å². The van der Waals surface area contributed by atoms with Crippen molar-refractivity contribution in [2.75, 3.05) is 6.54 Å². The second-order valence-corrected chi connectivity index (χ2v) is 3.27. The molecule has 0 saturated carbocycles. The normalized spacial score (nSPS) is 9.83. The first-order valence-electron chi connectivity index (χ1n) is 3.58. The number of aromatic nitrogens is 1. The van der Waals surface area contributed by atoms with Gasteiger partial charge in [-0.2, -0.15) is 0 Å². The van der Waals surface area contributed by atoms with Gasteiger partial charge in [0.1, 0.15) is 0 Å². The molecular weight excluding hydrogens is 220 g/mol. The Bertz CT molecular complexity index is 288. The molecule has 3 nitrogen and oxygen atoms in total. The van der Waals surface area contributed by atoms with Crippen molar-refractivity contribution in [2.45, 2.75) is 6.42 Å². The minimum atomic E-state index is 0.0336. The number of ketones is 1. The summed E-state index contributed by atoms with van der Waals surface area (Å²) < 4.78 is 0.811. The van der Waals surface area contributed by atoms with Crippen molar-refractivity contribution < 1.29 is 4.79 Å². The highest BCUT2D eigenvalue weighted by atomic mass is 79.9. The maximum Gasteiger partial charge on any atom is 0.165 e. The van der Waals surface area contributed by atoms with Gasteiger partial charge in [-0.05, 0) is 28.5 Å². The van der Waals surface area contributed by atoms with E-state index in [9.17, 15) is 4.79 Å². The number of nitrogens with zero attached hydrogens (tertiary/aromatic N) is 1. The van der Waals surface area contributed by atoms with Crippen molar-refractivity contribution in [3.05, 3.63) is 28.5 Å². The first-order valence-corrected chi connectivity index (χ1v) is 4.37. The smallest absolute Gasteiger partial charge is 0.165 e. The quantitative estimate of drug-likeness (QED) is 0.796. The number of nitrogens with two attached hydrogens (primary N) is 1. The van der Waals surface area contributed by atoms with Crippen LogP contribution in [-0.4, -0.2) is 17.3 Å². The maximum atomic E-state index is 11.3. The van der Waals surface area contributed by atoms with Gasteiger partial charge in [-0.25, -0.2) is 0 Å². The molecule has 1 aromatic heterocycles. The van der Waals surface area contributed by atoms with Gasteiger partial charge in [0.05, 0.1) is 0 Å². The molecule has 1 aromatic rings. The summed E-state index contributed by atoms with van der Waals surface area (Å²) >= 11 is 3.24. The fourth-order valence-electron chi connectivity index (χ4n) is 0.840. The molecule has 2 N–H and O–H groups in total. The fraction of sp³-hybridized carbons (Fsp3) is 0.250. The Labute approximate surface area is 79.1 Å². The van der Waals surface area contributed by atoms with Crippen LogP contribution in [0.2, 0.25) is 0 Å². The van der Waals surface area contributed by atoms with E-state index in [1.807, 2.05) is 0 Å². The summed E-state index contributed by atoms with van der Waals surface area (Å²) in [5.74, 6) is 0.0336. The lowest BCUT2D eigenvalue weighted by Gasteiger charge is -1.97. The number of halogens is 1. The van der Waals surface area contributed by atoms with Crippen molar-refractivity contribution in [2.24, 2.45) is 5.73 Å². The Morgan fingerprint density at radius 3 is 2.92 bits per heavy atom. The third kappa shape index (κ3) is 2.39. The van der Waals surface area contributed by atoms with Gasteiger partial charge in [0.25, 0.3) is 0 Å². The highest BCUT2D eigenvalue weighted by Crippen LogP contribution is 2.10. The van der Waals surface area contributed by atoms with Crippen LogP contribution in [0, 0.1) is 0 Å². The van der Waals surface area contributed by atoms with Crippen LogP contribution in [0.15, 0.2) is 22.9 Å². The summed E-state index contributed by atoms with van der Waals surface area (Å²) in [7, 11) is 0. The van der Waals surface area contributed by atoms with E-state index in [0.717, 1.165) is 4.47 Å². The number of hydrogen-bond donors (Lipinski definition) is 1. The lowest BCUT2D eigenvalue weighted by atomic mass is 10.1. The summed E-state index contributed by atoms with van der Waals surface area (Å²) in [5.41, 5.74) is 5.86. The number of Topliss-reactive ketones (excluding diaryl/α,β-unsaturated/α-hetero) is 1. The third-order valence-electron chi connectivity index (χ3n) is 1.40. The van der Waals surface area contributed by atoms with Crippen molar-refractivity contribution in [1.82, 2.24) is 4.98 Å². The topological polar surface area (TPSA) is 56.0 Å². The Hall–Kier alpha value is -0.740. The molecule has 12 heavy (non-hydrogen) atoms. The second-order valence-electron chi connectivity index (χ2n) is 2.35. The average Bonchev–Trinajstić information content (AvgIpc) is 2.05. The zero-order valence-corrected chi connectivity index (χ0v) is 8.04. The van der Waals surface area contributed by atoms with Crippen LogP contribution in [0.3, 0.4) is 0 Å². The van der Waals surface area contributed by atoms with Gasteiger partial charge in [-0.15, -0.1) is 0 Å². The fourth-order valence-corrected chi connectivity index (χ4v) is 1.20. The Morgan fingerprint density at radius 1 is 1.58 bits per heavy atom. The molecule has 0 unspecified atom stereocenters. The van der Waals surface area contributed by atoms with Gasteiger partial charge in [-0.3, -0.25) is 9.78 Å². The molecule has 64 valence electrons. The molecule has 1 rings (SSSR count). The molecule has 0 spiro atoms. The summed E-state index contributed by atoms with van der Waals surface area (Å²) in [6.07, 6.45) is 3.56. The third-order valence-corrected chi connectivity index (χ3v) is 1.83. The van der Waals surface area contributed by atoms with Gasteiger partial charge in [0, 0.05) is 28.9 Å². The first kappa shape index (κ1) is 9.35. The Kier molecular flexibility index (Phi) is 3.37. The van der Waals surface area contributed by atoms with Crippen LogP contribution in [0.4, 0.5) is 0 Å². The zero-order chi connectivity index (χ0) is 8.97. The lowest BCUT2D eigenvalue weighted by molar-refractivity contribution is 0.0985. The molecular formula is C8H9BrN2O. The van der Waals surface area contributed by atoms with Gasteiger partial charge < -0.3 is 5.73 Å². The van der Waals surface area contributed by atoms with Crippen LogP contribution < -0.4 is 5.73 Å². The molecule has 0 aliphatic rings. The van der Waals surface area contributed by atoms with Crippen LogP contribution in [0.25, 0.3) is 0 Å². The van der Waals surface area contributed by atoms with Gasteiger partial charge >= 0.3 is 0 Å². The number of pyridine rings is 1. The molecule has 0 aromatic carbocycles. The minimum absolute atomic E-state index is 0.0336. The second kappa shape index (κ2) is 4.33. The molecule has 4 heteroatoms. The largest absolute Gasteiger partial charge is 0.330 e. The average molecular weight is 229 g/mol. The van der Waals surface area contributed by atoms with Gasteiger partial charge in [0.15, 0.2) is 5.78 Å². The van der Waals surface area contributed by atoms with Crippen molar-refractivity contribution >= 4 is 21.7 Å². The monoisotopic (exact) mass is 228 g/mol. The van der Waals surface area contributed by atoms with E-state index in [4.69, 9.17) is 5.73 Å². The molecule has 0 aliphatic carbocycles.